The average Bonchev–Trinajstić information content (AvgIpc) is 2.68. The van der Waals surface area contributed by atoms with Crippen LogP contribution >= 0.6 is 0 Å². The van der Waals surface area contributed by atoms with Crippen LogP contribution in [0.2, 0.25) is 0 Å². The molecule has 32 heavy (non-hydrogen) atoms. The molecule has 0 amide bonds. The van der Waals surface area contributed by atoms with Crippen molar-refractivity contribution in [3.63, 3.8) is 0 Å². The molecule has 0 aliphatic heterocycles. The summed E-state index contributed by atoms with van der Waals surface area (Å²) in [6.45, 7) is 3.62. The molecule has 0 N–H and O–H groups in total. The van der Waals surface area contributed by atoms with Gasteiger partial charge in [0.25, 0.3) is 17.1 Å². The maximum absolute atomic E-state index is 11.1. The van der Waals surface area contributed by atoms with Gasteiger partial charge in [-0.3, -0.25) is 30.3 Å². The fourth-order valence-electron chi connectivity index (χ4n) is 3.03. The van der Waals surface area contributed by atoms with Crippen molar-refractivity contribution in [2.75, 3.05) is 27.7 Å². The predicted molar refractivity (Wildman–Crippen MR) is 121 cm³/mol. The van der Waals surface area contributed by atoms with Crippen molar-refractivity contribution in [1.29, 1.82) is 0 Å². The molecule has 1 aromatic rings. The van der Waals surface area contributed by atoms with Crippen LogP contribution in [0.25, 0.3) is 0 Å². The van der Waals surface area contributed by atoms with Crippen LogP contribution in [0.3, 0.4) is 0 Å². The molecule has 0 fully saturated rings. The Kier molecular flexibility index (Phi) is 13.7. The van der Waals surface area contributed by atoms with Gasteiger partial charge in [0.05, 0.1) is 60.3 Å². The largest absolute Gasteiger partial charge is 0.863 e. The van der Waals surface area contributed by atoms with Crippen LogP contribution in [0.1, 0.15) is 71.1 Å². The predicted octanol–water partition coefficient (Wildman–Crippen LogP) is 5.10. The Morgan fingerprint density at radius 3 is 1.38 bits per heavy atom. The minimum Gasteiger partial charge on any atom is -0.863 e. The van der Waals surface area contributed by atoms with E-state index in [1.54, 1.807) is 0 Å². The zero-order valence-electron chi connectivity index (χ0n) is 19.6. The van der Waals surface area contributed by atoms with Crippen molar-refractivity contribution in [2.45, 2.75) is 71.1 Å². The van der Waals surface area contributed by atoms with E-state index in [2.05, 4.69) is 28.1 Å². The van der Waals surface area contributed by atoms with Crippen molar-refractivity contribution in [2.24, 2.45) is 0 Å². The van der Waals surface area contributed by atoms with E-state index in [9.17, 15) is 35.4 Å². The quantitative estimate of drug-likeness (QED) is 0.163. The van der Waals surface area contributed by atoms with Crippen molar-refractivity contribution in [1.82, 2.24) is 0 Å². The lowest BCUT2D eigenvalue weighted by molar-refractivity contribution is -0.870. The topological polar surface area (TPSA) is 152 Å². The smallest absolute Gasteiger partial charge is 0.283 e. The molecule has 0 heterocycles. The van der Waals surface area contributed by atoms with Crippen LogP contribution in [0, 0.1) is 30.3 Å². The third kappa shape index (κ3) is 12.8. The number of nitro benzene ring substituents is 3. The Labute approximate surface area is 189 Å². The molecular weight excluding hydrogens is 420 g/mol. The molecule has 0 spiro atoms. The summed E-state index contributed by atoms with van der Waals surface area (Å²) in [5.74, 6) is -1.46. The molecule has 0 saturated heterocycles. The molecule has 1 rings (SSSR count). The molecule has 11 heteroatoms. The third-order valence-corrected chi connectivity index (χ3v) is 4.82. The number of hydrogen-bond acceptors (Lipinski definition) is 7. The number of quaternary nitrogens is 1. The molecule has 0 saturated carbocycles. The van der Waals surface area contributed by atoms with Crippen LogP contribution in [0.5, 0.6) is 5.75 Å². The van der Waals surface area contributed by atoms with Gasteiger partial charge >= 0.3 is 0 Å². The fourth-order valence-corrected chi connectivity index (χ4v) is 3.03. The van der Waals surface area contributed by atoms with E-state index in [0.717, 1.165) is 4.48 Å². The molecule has 182 valence electrons. The Bertz CT molecular complexity index is 713. The van der Waals surface area contributed by atoms with Gasteiger partial charge in [0.1, 0.15) is 0 Å². The normalized spacial score (nSPS) is 10.9. The molecule has 0 aliphatic carbocycles. The van der Waals surface area contributed by atoms with Crippen molar-refractivity contribution < 1.29 is 24.4 Å². The standard InChI is InChI=1S/C15H34N.C6H3N3O7/c1-5-6-7-8-9-10-11-12-13-14-15-16(2,3)4;10-6-4(8(13)14)1-3(7(11)12)2-5(6)9(15)16/h5-15H2,1-4H3;1-2,10H/q+1;/p-1. The molecule has 1 aromatic carbocycles. The molecule has 0 unspecified atom stereocenters. The number of hydrogen-bond donors (Lipinski definition) is 0. The van der Waals surface area contributed by atoms with Gasteiger partial charge in [-0.2, -0.15) is 0 Å². The molecular formula is C21H36N4O7. The molecule has 0 aliphatic rings. The van der Waals surface area contributed by atoms with Gasteiger partial charge in [-0.15, -0.1) is 0 Å². The first kappa shape index (κ1) is 29.2. The number of unbranched alkanes of at least 4 members (excludes halogenated alkanes) is 9. The number of non-ortho nitro benzene ring substituents is 1. The monoisotopic (exact) mass is 456 g/mol. The summed E-state index contributed by atoms with van der Waals surface area (Å²) in [4.78, 5) is 27.5. The van der Waals surface area contributed by atoms with Crippen LogP contribution in [-0.2, 0) is 0 Å². The van der Waals surface area contributed by atoms with E-state index in [1.807, 2.05) is 0 Å². The fraction of sp³-hybridized carbons (Fsp3) is 0.714. The summed E-state index contributed by atoms with van der Waals surface area (Å²) in [5.41, 5.74) is -3.26. The highest BCUT2D eigenvalue weighted by Gasteiger charge is 2.24. The van der Waals surface area contributed by atoms with Gasteiger partial charge in [0.2, 0.25) is 0 Å². The van der Waals surface area contributed by atoms with Gasteiger partial charge in [0, 0.05) is 0 Å². The number of rotatable bonds is 14. The maximum atomic E-state index is 11.1. The first-order chi connectivity index (χ1) is 14.9. The Hall–Kier alpha value is -2.82. The van der Waals surface area contributed by atoms with Crippen molar-refractivity contribution in [3.8, 4) is 5.75 Å². The number of benzene rings is 1. The van der Waals surface area contributed by atoms with Crippen LogP contribution in [0.15, 0.2) is 12.1 Å². The zero-order valence-corrected chi connectivity index (χ0v) is 19.6. The van der Waals surface area contributed by atoms with Gasteiger partial charge in [0.15, 0.2) is 0 Å². The molecule has 0 atom stereocenters. The summed E-state index contributed by atoms with van der Waals surface area (Å²) >= 11 is 0. The van der Waals surface area contributed by atoms with E-state index < -0.39 is 37.6 Å². The molecule has 0 radical (unpaired) electrons. The second-order valence-corrected chi connectivity index (χ2v) is 8.78. The highest BCUT2D eigenvalue weighted by Crippen LogP contribution is 2.36. The molecule has 11 nitrogen and oxygen atoms in total. The molecule has 0 bridgehead atoms. The lowest BCUT2D eigenvalue weighted by Gasteiger charge is -2.23. The Balaban J connectivity index is 0.000000601. The minimum atomic E-state index is -1.46. The van der Waals surface area contributed by atoms with E-state index in [-0.39, 0.29) is 0 Å². The summed E-state index contributed by atoms with van der Waals surface area (Å²) in [6, 6.07) is 0.769. The summed E-state index contributed by atoms with van der Waals surface area (Å²) in [6.07, 6.45) is 14.4. The summed E-state index contributed by atoms with van der Waals surface area (Å²) in [7, 11) is 6.86. The highest BCUT2D eigenvalue weighted by molar-refractivity contribution is 5.63. The van der Waals surface area contributed by atoms with E-state index in [0.29, 0.717) is 12.1 Å². The number of nitro groups is 3. The SMILES string of the molecule is CCCCCCCCCCCC[N+](C)(C)C.O=[N+]([O-])c1cc([N+](=O)[O-])c([O-])c([N+](=O)[O-])c1. The summed E-state index contributed by atoms with van der Waals surface area (Å²) < 4.78 is 1.12. The van der Waals surface area contributed by atoms with E-state index in [1.165, 1.54) is 70.8 Å². The van der Waals surface area contributed by atoms with Crippen LogP contribution < -0.4 is 5.11 Å². The second kappa shape index (κ2) is 15.1. The zero-order chi connectivity index (χ0) is 24.7. The maximum Gasteiger partial charge on any atom is 0.283 e. The van der Waals surface area contributed by atoms with Crippen molar-refractivity contribution >= 4 is 17.1 Å². The Morgan fingerprint density at radius 1 is 0.688 bits per heavy atom. The lowest BCUT2D eigenvalue weighted by Crippen LogP contribution is -2.35. The lowest BCUT2D eigenvalue weighted by atomic mass is 10.1. The second-order valence-electron chi connectivity index (χ2n) is 8.78. The number of nitrogens with zero attached hydrogens (tertiary/aromatic N) is 4. The average molecular weight is 457 g/mol. The summed E-state index contributed by atoms with van der Waals surface area (Å²) in [5, 5.41) is 42.1. The van der Waals surface area contributed by atoms with E-state index in [4.69, 9.17) is 0 Å². The third-order valence-electron chi connectivity index (χ3n) is 4.82. The highest BCUT2D eigenvalue weighted by atomic mass is 16.6. The van der Waals surface area contributed by atoms with Gasteiger partial charge in [-0.05, 0) is 12.8 Å². The minimum absolute atomic E-state index is 0.384. The van der Waals surface area contributed by atoms with Crippen molar-refractivity contribution in [3.05, 3.63) is 42.5 Å². The van der Waals surface area contributed by atoms with Crippen LogP contribution in [0.4, 0.5) is 17.1 Å². The van der Waals surface area contributed by atoms with Gasteiger partial charge in [-0.25, -0.2) is 0 Å². The first-order valence-electron chi connectivity index (χ1n) is 11.0. The first-order valence-corrected chi connectivity index (χ1v) is 11.0. The van der Waals surface area contributed by atoms with Gasteiger partial charge < -0.3 is 9.59 Å². The van der Waals surface area contributed by atoms with Crippen LogP contribution in [-0.4, -0.2) is 46.9 Å². The Morgan fingerprint density at radius 2 is 1.06 bits per heavy atom. The van der Waals surface area contributed by atoms with Gasteiger partial charge in [-0.1, -0.05) is 58.3 Å². The van der Waals surface area contributed by atoms with E-state index >= 15 is 0 Å². The molecule has 0 aromatic heterocycles.